The van der Waals surface area contributed by atoms with Crippen LogP contribution < -0.4 is 10.9 Å². The highest BCUT2D eigenvalue weighted by molar-refractivity contribution is 5.96. The lowest BCUT2D eigenvalue weighted by Crippen LogP contribution is -2.30. The first-order chi connectivity index (χ1) is 12.7. The molecule has 0 aliphatic rings. The number of rotatable bonds is 6. The molecule has 3 aromatic rings. The van der Waals surface area contributed by atoms with Gasteiger partial charge in [0, 0.05) is 11.1 Å². The molecule has 0 fully saturated rings. The van der Waals surface area contributed by atoms with E-state index >= 15 is 0 Å². The summed E-state index contributed by atoms with van der Waals surface area (Å²) in [4.78, 5) is 28.5. The van der Waals surface area contributed by atoms with E-state index in [1.165, 1.54) is 0 Å². The van der Waals surface area contributed by atoms with Crippen molar-refractivity contribution in [3.05, 3.63) is 71.9 Å². The van der Waals surface area contributed by atoms with Crippen LogP contribution in [-0.4, -0.2) is 23.5 Å². The fraction of sp³-hybridized carbons (Fsp3) is 0.105. The molecule has 0 saturated carbocycles. The third-order valence-electron chi connectivity index (χ3n) is 3.44. The second kappa shape index (κ2) is 7.98. The molecule has 1 heterocycles. The van der Waals surface area contributed by atoms with E-state index in [0.717, 1.165) is 0 Å². The zero-order valence-electron chi connectivity index (χ0n) is 14.1. The number of carbonyl (C=O) groups excluding carboxylic acids is 2. The summed E-state index contributed by atoms with van der Waals surface area (Å²) in [5.41, 5.74) is 6.21. The number of aromatic nitrogens is 1. The number of esters is 1. The molecule has 7 nitrogen and oxygen atoms in total. The lowest BCUT2D eigenvalue weighted by atomic mass is 10.2. The molecule has 2 aromatic carbocycles. The Balaban J connectivity index is 1.83. The van der Waals surface area contributed by atoms with Crippen LogP contribution in [0.5, 0.6) is 0 Å². The van der Waals surface area contributed by atoms with Crippen LogP contribution in [-0.2, 0) is 4.74 Å². The molecule has 0 radical (unpaired) electrons. The Kier molecular flexibility index (Phi) is 5.28. The van der Waals surface area contributed by atoms with Crippen molar-refractivity contribution in [1.82, 2.24) is 10.4 Å². The molecule has 0 saturated heterocycles. The van der Waals surface area contributed by atoms with E-state index in [-0.39, 0.29) is 30.0 Å². The Hall–Kier alpha value is -3.61. The van der Waals surface area contributed by atoms with Crippen molar-refractivity contribution >= 4 is 17.8 Å². The lowest BCUT2D eigenvalue weighted by molar-refractivity contribution is 0.0520. The molecule has 26 heavy (non-hydrogen) atoms. The van der Waals surface area contributed by atoms with Crippen molar-refractivity contribution in [1.29, 1.82) is 0 Å². The van der Waals surface area contributed by atoms with Crippen molar-refractivity contribution < 1.29 is 18.7 Å². The van der Waals surface area contributed by atoms with E-state index in [1.54, 1.807) is 43.3 Å². The molecule has 1 amide bonds. The van der Waals surface area contributed by atoms with Gasteiger partial charge in [-0.1, -0.05) is 36.4 Å². The Morgan fingerprint density at radius 1 is 1.04 bits per heavy atom. The number of nitrogens with one attached hydrogen (secondary N) is 2. The highest BCUT2D eigenvalue weighted by atomic mass is 16.5. The number of ether oxygens (including phenoxy) is 1. The van der Waals surface area contributed by atoms with Crippen LogP contribution in [0.15, 0.2) is 65.1 Å². The maximum Gasteiger partial charge on any atom is 0.362 e. The molecular formula is C19H17N3O4. The largest absolute Gasteiger partial charge is 0.461 e. The molecule has 0 aliphatic carbocycles. The highest BCUT2D eigenvalue weighted by Gasteiger charge is 2.22. The normalized spacial score (nSPS) is 10.2. The molecule has 0 aliphatic heterocycles. The second-order valence-electron chi connectivity index (χ2n) is 5.23. The Bertz CT molecular complexity index is 892. The number of anilines is 1. The third kappa shape index (κ3) is 3.89. The summed E-state index contributed by atoms with van der Waals surface area (Å²) >= 11 is 0. The Morgan fingerprint density at radius 3 is 2.35 bits per heavy atom. The SMILES string of the molecule is CCOC(=O)c1nc(-c2ccccc2)oc1NNC(=O)c1ccccc1. The van der Waals surface area contributed by atoms with Gasteiger partial charge in [-0.15, -0.1) is 0 Å². The van der Waals surface area contributed by atoms with E-state index in [1.807, 2.05) is 24.3 Å². The number of amides is 1. The molecule has 1 aromatic heterocycles. The first-order valence-corrected chi connectivity index (χ1v) is 8.03. The minimum absolute atomic E-state index is 0.00610. The van der Waals surface area contributed by atoms with Gasteiger partial charge in [0.05, 0.1) is 6.61 Å². The van der Waals surface area contributed by atoms with E-state index < -0.39 is 5.97 Å². The topological polar surface area (TPSA) is 93.5 Å². The van der Waals surface area contributed by atoms with Crippen LogP contribution in [0.2, 0.25) is 0 Å². The van der Waals surface area contributed by atoms with Gasteiger partial charge in [0.2, 0.25) is 17.5 Å². The molecule has 3 rings (SSSR count). The number of hydrazine groups is 1. The van der Waals surface area contributed by atoms with Gasteiger partial charge in [0.15, 0.2) is 0 Å². The van der Waals surface area contributed by atoms with Crippen molar-refractivity contribution in [2.45, 2.75) is 6.92 Å². The van der Waals surface area contributed by atoms with Crippen molar-refractivity contribution in [2.75, 3.05) is 12.0 Å². The standard InChI is InChI=1S/C19H17N3O4/c1-2-25-19(24)15-18(22-21-16(23)13-9-5-3-6-10-13)26-17(20-15)14-11-7-4-8-12-14/h3-12,22H,2H2,1H3,(H,21,23). The summed E-state index contributed by atoms with van der Waals surface area (Å²) in [5, 5.41) is 0. The van der Waals surface area contributed by atoms with Gasteiger partial charge >= 0.3 is 5.97 Å². The van der Waals surface area contributed by atoms with Crippen molar-refractivity contribution in [3.63, 3.8) is 0 Å². The van der Waals surface area contributed by atoms with Crippen LogP contribution in [0.4, 0.5) is 5.88 Å². The number of carbonyl (C=O) groups is 2. The summed E-state index contributed by atoms with van der Waals surface area (Å²) < 4.78 is 10.6. The molecule has 132 valence electrons. The van der Waals surface area contributed by atoms with Gasteiger partial charge in [-0.3, -0.25) is 15.6 Å². The fourth-order valence-electron chi connectivity index (χ4n) is 2.22. The van der Waals surface area contributed by atoms with Crippen LogP contribution in [0.25, 0.3) is 11.5 Å². The van der Waals surface area contributed by atoms with Gasteiger partial charge in [0.1, 0.15) is 0 Å². The van der Waals surface area contributed by atoms with Gasteiger partial charge in [-0.05, 0) is 31.2 Å². The summed E-state index contributed by atoms with van der Waals surface area (Å²) in [7, 11) is 0. The smallest absolute Gasteiger partial charge is 0.362 e. The van der Waals surface area contributed by atoms with E-state index in [2.05, 4.69) is 15.8 Å². The van der Waals surface area contributed by atoms with Crippen molar-refractivity contribution in [3.8, 4) is 11.5 Å². The molecule has 0 atom stereocenters. The minimum atomic E-state index is -0.644. The monoisotopic (exact) mass is 351 g/mol. The molecule has 0 bridgehead atoms. The third-order valence-corrected chi connectivity index (χ3v) is 3.44. The lowest BCUT2D eigenvalue weighted by Gasteiger charge is -2.06. The maximum absolute atomic E-state index is 12.1. The Morgan fingerprint density at radius 2 is 1.69 bits per heavy atom. The van der Waals surface area contributed by atoms with Crippen LogP contribution >= 0.6 is 0 Å². The minimum Gasteiger partial charge on any atom is -0.461 e. The Labute approximate surface area is 150 Å². The molecular weight excluding hydrogens is 334 g/mol. The second-order valence-corrected chi connectivity index (χ2v) is 5.23. The summed E-state index contributed by atoms with van der Waals surface area (Å²) in [6.07, 6.45) is 0. The van der Waals surface area contributed by atoms with Gasteiger partial charge in [-0.25, -0.2) is 4.79 Å². The zero-order chi connectivity index (χ0) is 18.4. The number of hydrogen-bond donors (Lipinski definition) is 2. The average molecular weight is 351 g/mol. The first-order valence-electron chi connectivity index (χ1n) is 8.03. The number of nitrogens with zero attached hydrogens (tertiary/aromatic N) is 1. The number of oxazole rings is 1. The summed E-state index contributed by atoms with van der Waals surface area (Å²) in [6, 6.07) is 17.8. The maximum atomic E-state index is 12.1. The van der Waals surface area contributed by atoms with Crippen LogP contribution in [0.1, 0.15) is 27.8 Å². The van der Waals surface area contributed by atoms with Crippen molar-refractivity contribution in [2.24, 2.45) is 0 Å². The fourth-order valence-corrected chi connectivity index (χ4v) is 2.22. The van der Waals surface area contributed by atoms with E-state index in [4.69, 9.17) is 9.15 Å². The number of hydrogen-bond acceptors (Lipinski definition) is 6. The highest BCUT2D eigenvalue weighted by Crippen LogP contribution is 2.25. The summed E-state index contributed by atoms with van der Waals surface area (Å²) in [5.74, 6) is -0.773. The van der Waals surface area contributed by atoms with Crippen LogP contribution in [0, 0.1) is 0 Å². The van der Waals surface area contributed by atoms with E-state index in [0.29, 0.717) is 11.1 Å². The van der Waals surface area contributed by atoms with Gasteiger partial charge < -0.3 is 9.15 Å². The zero-order valence-corrected chi connectivity index (χ0v) is 14.1. The van der Waals surface area contributed by atoms with Gasteiger partial charge in [0.25, 0.3) is 5.91 Å². The van der Waals surface area contributed by atoms with Gasteiger partial charge in [-0.2, -0.15) is 4.98 Å². The number of benzene rings is 2. The molecule has 2 N–H and O–H groups in total. The quantitative estimate of drug-likeness (QED) is 0.523. The summed E-state index contributed by atoms with van der Waals surface area (Å²) in [6.45, 7) is 1.89. The average Bonchev–Trinajstić information content (AvgIpc) is 3.12. The molecule has 7 heteroatoms. The predicted octanol–water partition coefficient (Wildman–Crippen LogP) is 3.28. The van der Waals surface area contributed by atoms with E-state index in [9.17, 15) is 9.59 Å². The first kappa shape index (κ1) is 17.2. The predicted molar refractivity (Wildman–Crippen MR) is 95.4 cm³/mol. The molecule has 0 unspecified atom stereocenters. The molecule has 0 spiro atoms. The van der Waals surface area contributed by atoms with Crippen LogP contribution in [0.3, 0.4) is 0 Å².